The molecular formula is C18H22FN3O2. The fraction of sp³-hybridized carbons (Fsp3) is 0.500. The van der Waals surface area contributed by atoms with Crippen molar-refractivity contribution in [2.24, 2.45) is 5.92 Å². The summed E-state index contributed by atoms with van der Waals surface area (Å²) in [5.74, 6) is -0.545. The first-order valence-electron chi connectivity index (χ1n) is 8.40. The lowest BCUT2D eigenvalue weighted by Crippen LogP contribution is -2.41. The Balaban J connectivity index is 1.79. The minimum Gasteiger partial charge on any atom is -0.331 e. The van der Waals surface area contributed by atoms with Gasteiger partial charge in [-0.25, -0.2) is 4.39 Å². The van der Waals surface area contributed by atoms with Gasteiger partial charge < -0.3 is 10.2 Å². The Hall–Kier alpha value is -2.24. The van der Waals surface area contributed by atoms with Crippen LogP contribution in [0.15, 0.2) is 18.2 Å². The van der Waals surface area contributed by atoms with E-state index in [0.717, 1.165) is 24.8 Å². The van der Waals surface area contributed by atoms with Crippen LogP contribution in [0.5, 0.6) is 0 Å². The summed E-state index contributed by atoms with van der Waals surface area (Å²) in [6, 6.07) is 5.42. The van der Waals surface area contributed by atoms with Crippen molar-refractivity contribution in [3.8, 4) is 0 Å². The Kier molecular flexibility index (Phi) is 4.64. The quantitative estimate of drug-likeness (QED) is 0.660. The van der Waals surface area contributed by atoms with Crippen LogP contribution in [0, 0.1) is 11.3 Å². The largest absolute Gasteiger partial charge is 0.331 e. The summed E-state index contributed by atoms with van der Waals surface area (Å²) in [7, 11) is 0. The van der Waals surface area contributed by atoms with Crippen molar-refractivity contribution in [3.63, 3.8) is 0 Å². The van der Waals surface area contributed by atoms with Crippen LogP contribution in [0.2, 0.25) is 0 Å². The summed E-state index contributed by atoms with van der Waals surface area (Å²) in [6.07, 6.45) is 4.56. The Bertz CT molecular complexity index is 689. The van der Waals surface area contributed by atoms with E-state index in [0.29, 0.717) is 23.6 Å². The molecule has 6 heteroatoms. The highest BCUT2D eigenvalue weighted by molar-refractivity contribution is 6.08. The molecule has 2 N–H and O–H groups in total. The molecule has 1 heterocycles. The van der Waals surface area contributed by atoms with E-state index in [1.54, 1.807) is 12.1 Å². The number of nitrogens with zero attached hydrogens (tertiary/aromatic N) is 1. The molecule has 128 valence electrons. The van der Waals surface area contributed by atoms with Gasteiger partial charge in [-0.15, -0.1) is 0 Å². The monoisotopic (exact) mass is 331 g/mol. The first-order chi connectivity index (χ1) is 11.5. The third kappa shape index (κ3) is 3.05. The molecule has 0 bridgehead atoms. The number of alkyl halides is 1. The molecule has 1 aromatic carbocycles. The molecule has 1 aliphatic heterocycles. The summed E-state index contributed by atoms with van der Waals surface area (Å²) < 4.78 is 12.3. The van der Waals surface area contributed by atoms with Gasteiger partial charge in [-0.1, -0.05) is 31.9 Å². The lowest BCUT2D eigenvalue weighted by molar-refractivity contribution is -0.120. The average Bonchev–Trinajstić information content (AvgIpc) is 2.91. The molecule has 1 unspecified atom stereocenters. The molecule has 2 atom stereocenters. The molecule has 1 saturated carbocycles. The van der Waals surface area contributed by atoms with Gasteiger partial charge >= 0.3 is 0 Å². The molecular weight excluding hydrogens is 309 g/mol. The fourth-order valence-corrected chi connectivity index (χ4v) is 3.75. The Labute approximate surface area is 140 Å². The first kappa shape index (κ1) is 16.6. The molecule has 1 fully saturated rings. The highest BCUT2D eigenvalue weighted by Gasteiger charge is 2.36. The van der Waals surface area contributed by atoms with E-state index >= 15 is 0 Å². The van der Waals surface area contributed by atoms with Gasteiger partial charge in [0.05, 0.1) is 0 Å². The molecule has 0 radical (unpaired) electrons. The van der Waals surface area contributed by atoms with Gasteiger partial charge in [-0.2, -0.15) is 0 Å². The van der Waals surface area contributed by atoms with Crippen LogP contribution in [0.3, 0.4) is 0 Å². The number of rotatable bonds is 3. The molecule has 2 aliphatic rings. The topological polar surface area (TPSA) is 73.3 Å². The predicted octanol–water partition coefficient (Wildman–Crippen LogP) is 2.63. The van der Waals surface area contributed by atoms with Gasteiger partial charge in [0.2, 0.25) is 0 Å². The zero-order chi connectivity index (χ0) is 17.3. The van der Waals surface area contributed by atoms with E-state index in [1.165, 1.54) is 6.42 Å². The van der Waals surface area contributed by atoms with Crippen molar-refractivity contribution in [1.29, 1.82) is 5.41 Å². The number of amides is 2. The number of hydrogen-bond acceptors (Lipinski definition) is 3. The Morgan fingerprint density at radius 2 is 2.12 bits per heavy atom. The van der Waals surface area contributed by atoms with Crippen molar-refractivity contribution in [2.45, 2.75) is 45.2 Å². The van der Waals surface area contributed by atoms with E-state index in [-0.39, 0.29) is 17.8 Å². The second-order valence-corrected chi connectivity index (χ2v) is 6.69. The lowest BCUT2D eigenvalue weighted by Gasteiger charge is -2.36. The van der Waals surface area contributed by atoms with Gasteiger partial charge in [-0.3, -0.25) is 15.0 Å². The number of fused-ring (bicyclic) bond motifs is 1. The predicted molar refractivity (Wildman–Crippen MR) is 88.7 cm³/mol. The fourth-order valence-electron chi connectivity index (χ4n) is 3.75. The number of amidine groups is 1. The molecule has 1 aliphatic carbocycles. The van der Waals surface area contributed by atoms with Gasteiger partial charge in [0.25, 0.3) is 11.8 Å². The maximum atomic E-state index is 12.8. The molecule has 0 spiro atoms. The van der Waals surface area contributed by atoms with Crippen molar-refractivity contribution < 1.29 is 14.0 Å². The summed E-state index contributed by atoms with van der Waals surface area (Å²) in [4.78, 5) is 25.8. The summed E-state index contributed by atoms with van der Waals surface area (Å²) in [5.41, 5.74) is 1.96. The molecule has 2 amide bonds. The summed E-state index contributed by atoms with van der Waals surface area (Å²) in [5, 5.41) is 10.0. The Morgan fingerprint density at radius 1 is 1.38 bits per heavy atom. The molecule has 5 nitrogen and oxygen atoms in total. The normalized spacial score (nSPS) is 23.1. The number of carbonyl (C=O) groups excluding carboxylic acids is 2. The SMILES string of the molecule is C[C@@H]1CCCCC1N1Cc2ccc(C(=N)NC(=O)CF)cc2C1=O. The van der Waals surface area contributed by atoms with E-state index in [2.05, 4.69) is 12.2 Å². The van der Waals surface area contributed by atoms with Crippen LogP contribution in [0.25, 0.3) is 0 Å². The second-order valence-electron chi connectivity index (χ2n) is 6.69. The molecule has 1 aromatic rings. The number of hydrogen-bond donors (Lipinski definition) is 2. The van der Waals surface area contributed by atoms with Crippen LogP contribution in [0.4, 0.5) is 4.39 Å². The van der Waals surface area contributed by atoms with E-state index in [1.807, 2.05) is 11.0 Å². The molecule has 24 heavy (non-hydrogen) atoms. The maximum Gasteiger partial charge on any atom is 0.256 e. The van der Waals surface area contributed by atoms with Crippen LogP contribution in [0.1, 0.15) is 54.1 Å². The number of benzene rings is 1. The minimum absolute atomic E-state index is 0.00443. The standard InChI is InChI=1S/C18H22FN3O2/c1-11-4-2-3-5-15(11)22-10-13-7-6-12(8-14(13)18(22)24)17(20)21-16(23)9-19/h6-8,11,15H,2-5,9-10H2,1H3,(H2,20,21,23)/t11-,15?/m1/s1. The zero-order valence-electron chi connectivity index (χ0n) is 13.8. The lowest BCUT2D eigenvalue weighted by atomic mass is 9.85. The van der Waals surface area contributed by atoms with Gasteiger partial charge in [0.1, 0.15) is 5.84 Å². The number of carbonyl (C=O) groups is 2. The smallest absolute Gasteiger partial charge is 0.256 e. The summed E-state index contributed by atoms with van der Waals surface area (Å²) in [6.45, 7) is 1.64. The van der Waals surface area contributed by atoms with Crippen molar-refractivity contribution >= 4 is 17.6 Å². The zero-order valence-corrected chi connectivity index (χ0v) is 13.8. The Morgan fingerprint density at radius 3 is 2.83 bits per heavy atom. The van der Waals surface area contributed by atoms with Crippen LogP contribution in [-0.2, 0) is 11.3 Å². The van der Waals surface area contributed by atoms with Crippen molar-refractivity contribution in [2.75, 3.05) is 6.67 Å². The maximum absolute atomic E-state index is 12.8. The van der Waals surface area contributed by atoms with Crippen molar-refractivity contribution in [3.05, 3.63) is 34.9 Å². The van der Waals surface area contributed by atoms with Gasteiger partial charge in [-0.05, 0) is 30.4 Å². The second kappa shape index (κ2) is 6.71. The van der Waals surface area contributed by atoms with Crippen LogP contribution in [-0.4, -0.2) is 35.3 Å². The van der Waals surface area contributed by atoms with Gasteiger partial charge in [0, 0.05) is 23.7 Å². The highest BCUT2D eigenvalue weighted by Crippen LogP contribution is 2.34. The van der Waals surface area contributed by atoms with Crippen molar-refractivity contribution in [1.82, 2.24) is 10.2 Å². The number of nitrogens with one attached hydrogen (secondary N) is 2. The van der Waals surface area contributed by atoms with Gasteiger partial charge in [0.15, 0.2) is 6.67 Å². The molecule has 3 rings (SSSR count). The average molecular weight is 331 g/mol. The highest BCUT2D eigenvalue weighted by atomic mass is 19.1. The van der Waals surface area contributed by atoms with E-state index in [4.69, 9.17) is 5.41 Å². The van der Waals surface area contributed by atoms with E-state index < -0.39 is 12.6 Å². The summed E-state index contributed by atoms with van der Waals surface area (Å²) >= 11 is 0. The van der Waals surface area contributed by atoms with Crippen LogP contribution >= 0.6 is 0 Å². The number of halogens is 1. The molecule has 0 aromatic heterocycles. The van der Waals surface area contributed by atoms with Crippen LogP contribution < -0.4 is 5.32 Å². The molecule has 0 saturated heterocycles. The first-order valence-corrected chi connectivity index (χ1v) is 8.40. The third-order valence-electron chi connectivity index (χ3n) is 5.08. The van der Waals surface area contributed by atoms with E-state index in [9.17, 15) is 14.0 Å². The minimum atomic E-state index is -1.17. The third-order valence-corrected chi connectivity index (χ3v) is 5.08.